The van der Waals surface area contributed by atoms with E-state index in [-0.39, 0.29) is 0 Å². The monoisotopic (exact) mass is 236 g/mol. The highest BCUT2D eigenvalue weighted by atomic mass is 15.2. The van der Waals surface area contributed by atoms with Gasteiger partial charge in [0.1, 0.15) is 0 Å². The summed E-state index contributed by atoms with van der Waals surface area (Å²) in [5.74, 6) is 2.90. The maximum Gasteiger partial charge on any atom is 0.0334 e. The molecule has 0 spiro atoms. The molecule has 0 aromatic rings. The Hall–Kier alpha value is -0.0800. The summed E-state index contributed by atoms with van der Waals surface area (Å²) in [6, 6.07) is 0. The average Bonchev–Trinajstić information content (AvgIpc) is 2.89. The van der Waals surface area contributed by atoms with Crippen molar-refractivity contribution in [2.75, 3.05) is 19.6 Å². The van der Waals surface area contributed by atoms with Crippen LogP contribution in [-0.4, -0.2) is 30.1 Å². The first-order valence-corrected chi connectivity index (χ1v) is 7.69. The number of rotatable bonds is 2. The van der Waals surface area contributed by atoms with E-state index in [2.05, 4.69) is 11.8 Å². The lowest BCUT2D eigenvalue weighted by Gasteiger charge is -2.46. The Labute approximate surface area is 106 Å². The van der Waals surface area contributed by atoms with Gasteiger partial charge in [0.2, 0.25) is 0 Å². The van der Waals surface area contributed by atoms with Crippen LogP contribution in [0.25, 0.3) is 0 Å². The highest BCUT2D eigenvalue weighted by Gasteiger charge is 2.46. The zero-order valence-corrected chi connectivity index (χ0v) is 11.3. The van der Waals surface area contributed by atoms with E-state index in [1.807, 2.05) is 0 Å². The Morgan fingerprint density at radius 2 is 1.82 bits per heavy atom. The highest BCUT2D eigenvalue weighted by molar-refractivity contribution is 5.01. The third kappa shape index (κ3) is 2.04. The van der Waals surface area contributed by atoms with Crippen LogP contribution in [-0.2, 0) is 0 Å². The van der Waals surface area contributed by atoms with Crippen molar-refractivity contribution in [1.82, 2.24) is 4.90 Å². The lowest BCUT2D eigenvalue weighted by atomic mass is 9.75. The second-order valence-electron chi connectivity index (χ2n) is 6.99. The molecule has 4 unspecified atom stereocenters. The van der Waals surface area contributed by atoms with E-state index in [0.717, 1.165) is 24.3 Å². The zero-order chi connectivity index (χ0) is 11.9. The summed E-state index contributed by atoms with van der Waals surface area (Å²) in [6.45, 7) is 6.01. The molecule has 0 aromatic carbocycles. The van der Waals surface area contributed by atoms with Gasteiger partial charge in [-0.3, -0.25) is 4.90 Å². The molecule has 0 bridgehead atoms. The van der Waals surface area contributed by atoms with Crippen LogP contribution in [0.3, 0.4) is 0 Å². The van der Waals surface area contributed by atoms with E-state index >= 15 is 0 Å². The molecule has 2 N–H and O–H groups in total. The Balaban J connectivity index is 1.72. The van der Waals surface area contributed by atoms with Crippen LogP contribution >= 0.6 is 0 Å². The minimum absolute atomic E-state index is 0.377. The first-order chi connectivity index (χ1) is 8.23. The van der Waals surface area contributed by atoms with Gasteiger partial charge in [-0.15, -0.1) is 0 Å². The SMILES string of the molecule is CC1CCCC(CN)(N2CC3CCCC3C2)C1. The molecule has 1 saturated heterocycles. The first-order valence-electron chi connectivity index (χ1n) is 7.69. The van der Waals surface area contributed by atoms with E-state index in [1.165, 1.54) is 58.0 Å². The van der Waals surface area contributed by atoms with Crippen LogP contribution in [0.2, 0.25) is 0 Å². The molecule has 2 saturated carbocycles. The van der Waals surface area contributed by atoms with E-state index in [4.69, 9.17) is 5.73 Å². The summed E-state index contributed by atoms with van der Waals surface area (Å²) in [5, 5.41) is 0. The zero-order valence-electron chi connectivity index (χ0n) is 11.3. The normalized spacial score (nSPS) is 47.3. The van der Waals surface area contributed by atoms with Gasteiger partial charge < -0.3 is 5.73 Å². The fourth-order valence-corrected chi connectivity index (χ4v) is 4.86. The smallest absolute Gasteiger partial charge is 0.0334 e. The van der Waals surface area contributed by atoms with E-state index in [9.17, 15) is 0 Å². The Morgan fingerprint density at radius 1 is 1.12 bits per heavy atom. The van der Waals surface area contributed by atoms with Gasteiger partial charge >= 0.3 is 0 Å². The summed E-state index contributed by atoms with van der Waals surface area (Å²) in [7, 11) is 0. The van der Waals surface area contributed by atoms with Crippen LogP contribution in [0.4, 0.5) is 0 Å². The van der Waals surface area contributed by atoms with Gasteiger partial charge in [-0.2, -0.15) is 0 Å². The number of likely N-dealkylation sites (tertiary alicyclic amines) is 1. The Bertz CT molecular complexity index is 266. The van der Waals surface area contributed by atoms with Crippen molar-refractivity contribution in [1.29, 1.82) is 0 Å². The van der Waals surface area contributed by atoms with Gasteiger partial charge in [0.05, 0.1) is 0 Å². The maximum atomic E-state index is 6.19. The molecule has 0 amide bonds. The van der Waals surface area contributed by atoms with Crippen LogP contribution in [0.15, 0.2) is 0 Å². The third-order valence-electron chi connectivity index (χ3n) is 5.84. The van der Waals surface area contributed by atoms with Gasteiger partial charge in [-0.1, -0.05) is 26.2 Å². The fraction of sp³-hybridized carbons (Fsp3) is 1.00. The summed E-state index contributed by atoms with van der Waals surface area (Å²) in [5.41, 5.74) is 6.57. The minimum atomic E-state index is 0.377. The molecular formula is C15H28N2. The predicted molar refractivity (Wildman–Crippen MR) is 71.8 cm³/mol. The lowest BCUT2D eigenvalue weighted by molar-refractivity contribution is 0.0528. The number of nitrogens with zero attached hydrogens (tertiary/aromatic N) is 1. The average molecular weight is 236 g/mol. The molecule has 2 nitrogen and oxygen atoms in total. The van der Waals surface area contributed by atoms with Gasteiger partial charge in [0.15, 0.2) is 0 Å². The van der Waals surface area contributed by atoms with Crippen molar-refractivity contribution >= 4 is 0 Å². The summed E-state index contributed by atoms with van der Waals surface area (Å²) in [4.78, 5) is 2.80. The molecule has 1 aliphatic heterocycles. The fourth-order valence-electron chi connectivity index (χ4n) is 4.86. The topological polar surface area (TPSA) is 29.3 Å². The molecule has 0 aromatic heterocycles. The molecule has 3 aliphatic rings. The van der Waals surface area contributed by atoms with Crippen LogP contribution < -0.4 is 5.73 Å². The van der Waals surface area contributed by atoms with Gasteiger partial charge in [0, 0.05) is 25.2 Å². The van der Waals surface area contributed by atoms with Crippen molar-refractivity contribution in [3.63, 3.8) is 0 Å². The summed E-state index contributed by atoms with van der Waals surface area (Å²) >= 11 is 0. The van der Waals surface area contributed by atoms with Crippen LogP contribution in [0.1, 0.15) is 51.9 Å². The number of fused-ring (bicyclic) bond motifs is 1. The molecule has 2 aliphatic carbocycles. The molecular weight excluding hydrogens is 208 g/mol. The van der Waals surface area contributed by atoms with Crippen molar-refractivity contribution < 1.29 is 0 Å². The van der Waals surface area contributed by atoms with Crippen molar-refractivity contribution in [3.8, 4) is 0 Å². The van der Waals surface area contributed by atoms with Crippen molar-refractivity contribution in [2.24, 2.45) is 23.5 Å². The third-order valence-corrected chi connectivity index (χ3v) is 5.84. The minimum Gasteiger partial charge on any atom is -0.329 e. The van der Waals surface area contributed by atoms with Crippen molar-refractivity contribution in [2.45, 2.75) is 57.4 Å². The van der Waals surface area contributed by atoms with E-state index < -0.39 is 0 Å². The molecule has 0 radical (unpaired) electrons. The highest BCUT2D eigenvalue weighted by Crippen LogP contribution is 2.44. The van der Waals surface area contributed by atoms with Gasteiger partial charge in [-0.25, -0.2) is 0 Å². The lowest BCUT2D eigenvalue weighted by Crippen LogP contribution is -2.55. The van der Waals surface area contributed by atoms with Gasteiger partial charge in [0.25, 0.3) is 0 Å². The quantitative estimate of drug-likeness (QED) is 0.798. The van der Waals surface area contributed by atoms with Gasteiger partial charge in [-0.05, 0) is 43.4 Å². The van der Waals surface area contributed by atoms with E-state index in [1.54, 1.807) is 0 Å². The Kier molecular flexibility index (Phi) is 3.20. The summed E-state index contributed by atoms with van der Waals surface area (Å²) < 4.78 is 0. The van der Waals surface area contributed by atoms with Crippen molar-refractivity contribution in [3.05, 3.63) is 0 Å². The molecule has 98 valence electrons. The molecule has 4 atom stereocenters. The molecule has 17 heavy (non-hydrogen) atoms. The molecule has 3 fully saturated rings. The predicted octanol–water partition coefficient (Wildman–Crippen LogP) is 2.63. The number of hydrogen-bond acceptors (Lipinski definition) is 2. The summed E-state index contributed by atoms with van der Waals surface area (Å²) in [6.07, 6.45) is 9.97. The number of hydrogen-bond donors (Lipinski definition) is 1. The molecule has 1 heterocycles. The first kappa shape index (κ1) is 12.0. The number of nitrogens with two attached hydrogens (primary N) is 1. The van der Waals surface area contributed by atoms with Crippen LogP contribution in [0.5, 0.6) is 0 Å². The molecule has 2 heteroatoms. The molecule has 3 rings (SSSR count). The largest absolute Gasteiger partial charge is 0.329 e. The standard InChI is InChI=1S/C15H28N2/c1-12-4-3-7-15(8-12,11-16)17-9-13-5-2-6-14(13)10-17/h12-14H,2-11,16H2,1H3. The second kappa shape index (κ2) is 4.55. The Morgan fingerprint density at radius 3 is 2.41 bits per heavy atom. The van der Waals surface area contributed by atoms with E-state index in [0.29, 0.717) is 5.54 Å². The van der Waals surface area contributed by atoms with Crippen LogP contribution in [0, 0.1) is 17.8 Å². The second-order valence-corrected chi connectivity index (χ2v) is 6.99. The maximum absolute atomic E-state index is 6.19.